The number of carbonyl (C=O) groups is 2. The van der Waals surface area contributed by atoms with E-state index in [1.165, 1.54) is 11.2 Å². The second-order valence-electron chi connectivity index (χ2n) is 10.4. The standard InChI is InChI=1S/C31H27N7O3/c32-27-26-25(20-6-8-24(9-7-20)41-23-4-2-1-3-5-23)18-37(28(26)35-19-34-27)21-10-14-31(15-11-21)29(39)38(30(40)36-31)22-12-16-33-17-13-22/h1-9,12-13,16-19,21H,10-11,14-15H2,(H,36,40)(H2,32,34,35). The number of hydrogen-bond acceptors (Lipinski definition) is 7. The van der Waals surface area contributed by atoms with E-state index in [-0.39, 0.29) is 11.9 Å². The molecule has 1 aliphatic carbocycles. The number of hydrogen-bond donors (Lipinski definition) is 2. The zero-order chi connectivity index (χ0) is 28.0. The number of para-hydroxylation sites is 1. The monoisotopic (exact) mass is 545 g/mol. The van der Waals surface area contributed by atoms with Crippen molar-refractivity contribution in [2.24, 2.45) is 0 Å². The van der Waals surface area contributed by atoms with E-state index in [1.807, 2.05) is 54.6 Å². The Labute approximate surface area is 235 Å². The van der Waals surface area contributed by atoms with Crippen LogP contribution in [0.4, 0.5) is 16.3 Å². The van der Waals surface area contributed by atoms with E-state index in [9.17, 15) is 9.59 Å². The fourth-order valence-corrected chi connectivity index (χ4v) is 5.99. The molecule has 3 amide bonds. The van der Waals surface area contributed by atoms with Gasteiger partial charge in [-0.15, -0.1) is 0 Å². The van der Waals surface area contributed by atoms with Gasteiger partial charge in [-0.3, -0.25) is 9.78 Å². The Morgan fingerprint density at radius 3 is 2.34 bits per heavy atom. The summed E-state index contributed by atoms with van der Waals surface area (Å²) < 4.78 is 8.10. The molecule has 204 valence electrons. The first-order chi connectivity index (χ1) is 20.0. The molecule has 0 atom stereocenters. The van der Waals surface area contributed by atoms with Gasteiger partial charge in [0.25, 0.3) is 5.91 Å². The van der Waals surface area contributed by atoms with E-state index >= 15 is 0 Å². The predicted molar refractivity (Wildman–Crippen MR) is 154 cm³/mol. The number of nitrogens with one attached hydrogen (secondary N) is 1. The SMILES string of the molecule is Nc1ncnc2c1c(-c1ccc(Oc3ccccc3)cc1)cn2C1CCC2(CC1)NC(=O)N(c1ccncc1)C2=O. The average Bonchev–Trinajstić information content (AvgIpc) is 3.50. The van der Waals surface area contributed by atoms with E-state index in [4.69, 9.17) is 10.5 Å². The molecule has 0 unspecified atom stereocenters. The van der Waals surface area contributed by atoms with Crippen LogP contribution in [0.3, 0.4) is 0 Å². The third-order valence-electron chi connectivity index (χ3n) is 8.07. The molecule has 2 aliphatic rings. The number of anilines is 2. The topological polar surface area (TPSA) is 128 Å². The molecule has 5 aromatic rings. The van der Waals surface area contributed by atoms with Crippen molar-refractivity contribution in [2.75, 3.05) is 10.6 Å². The van der Waals surface area contributed by atoms with Crippen molar-refractivity contribution in [3.05, 3.63) is 91.6 Å². The Balaban J connectivity index is 1.15. The first-order valence-electron chi connectivity index (χ1n) is 13.5. The first kappa shape index (κ1) is 24.8. The van der Waals surface area contributed by atoms with Gasteiger partial charge >= 0.3 is 6.03 Å². The number of imide groups is 1. The molecule has 1 spiro atoms. The van der Waals surface area contributed by atoms with Gasteiger partial charge in [-0.05, 0) is 67.6 Å². The number of amides is 3. The number of fused-ring (bicyclic) bond motifs is 1. The minimum atomic E-state index is -0.911. The summed E-state index contributed by atoms with van der Waals surface area (Å²) in [6.07, 6.45) is 9.11. The maximum atomic E-state index is 13.5. The summed E-state index contributed by atoms with van der Waals surface area (Å²) in [6, 6.07) is 20.5. The Morgan fingerprint density at radius 1 is 0.902 bits per heavy atom. The van der Waals surface area contributed by atoms with E-state index in [0.717, 1.165) is 33.7 Å². The summed E-state index contributed by atoms with van der Waals surface area (Å²) in [5.74, 6) is 1.70. The van der Waals surface area contributed by atoms with Gasteiger partial charge in [0, 0.05) is 30.2 Å². The third-order valence-corrected chi connectivity index (χ3v) is 8.07. The molecule has 3 N–H and O–H groups in total. The van der Waals surface area contributed by atoms with E-state index < -0.39 is 11.6 Å². The molecule has 1 aliphatic heterocycles. The lowest BCUT2D eigenvalue weighted by Crippen LogP contribution is -2.49. The maximum absolute atomic E-state index is 13.5. The van der Waals surface area contributed by atoms with Gasteiger partial charge in [-0.1, -0.05) is 30.3 Å². The van der Waals surface area contributed by atoms with Gasteiger partial charge in [0.05, 0.1) is 11.1 Å². The lowest BCUT2D eigenvalue weighted by Gasteiger charge is -2.35. The normalized spacial score (nSPS) is 20.5. The molecule has 4 heterocycles. The number of pyridine rings is 1. The summed E-state index contributed by atoms with van der Waals surface area (Å²) >= 11 is 0. The molecule has 0 bridgehead atoms. The number of nitrogens with zero attached hydrogens (tertiary/aromatic N) is 5. The van der Waals surface area contributed by atoms with E-state index in [2.05, 4.69) is 31.0 Å². The highest BCUT2D eigenvalue weighted by atomic mass is 16.5. The molecule has 7 rings (SSSR count). The van der Waals surface area contributed by atoms with Crippen molar-refractivity contribution in [1.29, 1.82) is 0 Å². The highest BCUT2D eigenvalue weighted by molar-refractivity contribution is 6.23. The van der Waals surface area contributed by atoms with Gasteiger partial charge in [0.1, 0.15) is 34.8 Å². The number of urea groups is 1. The second-order valence-corrected chi connectivity index (χ2v) is 10.4. The largest absolute Gasteiger partial charge is 0.457 e. The quantitative estimate of drug-likeness (QED) is 0.280. The lowest BCUT2D eigenvalue weighted by molar-refractivity contribution is -0.123. The van der Waals surface area contributed by atoms with Gasteiger partial charge in [-0.25, -0.2) is 19.7 Å². The summed E-state index contributed by atoms with van der Waals surface area (Å²) in [6.45, 7) is 0. The van der Waals surface area contributed by atoms with E-state index in [0.29, 0.717) is 37.2 Å². The number of benzene rings is 2. The van der Waals surface area contributed by atoms with Crippen molar-refractivity contribution in [2.45, 2.75) is 37.3 Å². The smallest absolute Gasteiger partial charge is 0.329 e. The number of carbonyl (C=O) groups excluding carboxylic acids is 2. The van der Waals surface area contributed by atoms with Crippen LogP contribution in [0.15, 0.2) is 91.6 Å². The van der Waals surface area contributed by atoms with Gasteiger partial charge in [-0.2, -0.15) is 0 Å². The van der Waals surface area contributed by atoms with Crippen LogP contribution in [-0.2, 0) is 4.79 Å². The number of aromatic nitrogens is 4. The lowest BCUT2D eigenvalue weighted by atomic mass is 9.79. The Kier molecular flexibility index (Phi) is 5.88. The summed E-state index contributed by atoms with van der Waals surface area (Å²) in [7, 11) is 0. The number of rotatable bonds is 5. The molecular weight excluding hydrogens is 518 g/mol. The van der Waals surface area contributed by atoms with Crippen LogP contribution >= 0.6 is 0 Å². The highest BCUT2D eigenvalue weighted by Gasteiger charge is 2.53. The fourth-order valence-electron chi connectivity index (χ4n) is 5.99. The van der Waals surface area contributed by atoms with Crippen molar-refractivity contribution >= 4 is 34.5 Å². The van der Waals surface area contributed by atoms with E-state index in [1.54, 1.807) is 24.5 Å². The fraction of sp³-hybridized carbons (Fsp3) is 0.194. The minimum Gasteiger partial charge on any atom is -0.457 e. The second kappa shape index (κ2) is 9.74. The number of nitrogens with two attached hydrogens (primary N) is 1. The molecule has 3 aromatic heterocycles. The molecule has 41 heavy (non-hydrogen) atoms. The first-order valence-corrected chi connectivity index (χ1v) is 13.5. The van der Waals surface area contributed by atoms with Crippen LogP contribution in [0.2, 0.25) is 0 Å². The molecule has 2 aromatic carbocycles. The van der Waals surface area contributed by atoms with Gasteiger partial charge in [0.2, 0.25) is 0 Å². The van der Waals surface area contributed by atoms with Crippen molar-refractivity contribution in [3.63, 3.8) is 0 Å². The van der Waals surface area contributed by atoms with Crippen molar-refractivity contribution in [3.8, 4) is 22.6 Å². The molecule has 1 saturated carbocycles. The van der Waals surface area contributed by atoms with Crippen LogP contribution in [0, 0.1) is 0 Å². The summed E-state index contributed by atoms with van der Waals surface area (Å²) in [4.78, 5) is 40.4. The highest BCUT2D eigenvalue weighted by Crippen LogP contribution is 2.43. The van der Waals surface area contributed by atoms with Crippen molar-refractivity contribution < 1.29 is 14.3 Å². The number of ether oxygens (including phenoxy) is 1. The maximum Gasteiger partial charge on any atom is 0.329 e. The molecule has 10 nitrogen and oxygen atoms in total. The Morgan fingerprint density at radius 2 is 1.61 bits per heavy atom. The molecule has 10 heteroatoms. The zero-order valence-electron chi connectivity index (χ0n) is 22.1. The van der Waals surface area contributed by atoms with Crippen LogP contribution in [0.1, 0.15) is 31.7 Å². The predicted octanol–water partition coefficient (Wildman–Crippen LogP) is 5.48. The minimum absolute atomic E-state index is 0.0755. The number of nitrogen functional groups attached to an aromatic ring is 1. The summed E-state index contributed by atoms with van der Waals surface area (Å²) in [5.41, 5.74) is 8.63. The average molecular weight is 546 g/mol. The van der Waals surface area contributed by atoms with Crippen LogP contribution in [0.25, 0.3) is 22.2 Å². The van der Waals surface area contributed by atoms with Crippen molar-refractivity contribution in [1.82, 2.24) is 24.8 Å². The Bertz CT molecular complexity index is 1750. The van der Waals surface area contributed by atoms with Crippen LogP contribution in [0.5, 0.6) is 11.5 Å². The zero-order valence-corrected chi connectivity index (χ0v) is 22.1. The molecular formula is C31H27N7O3. The van der Waals surface area contributed by atoms with Crippen LogP contribution in [-0.4, -0.2) is 37.0 Å². The van der Waals surface area contributed by atoms with Gasteiger partial charge < -0.3 is 20.4 Å². The Hall–Kier alpha value is -5.25. The molecule has 0 radical (unpaired) electrons. The third kappa shape index (κ3) is 4.24. The van der Waals surface area contributed by atoms with Crippen LogP contribution < -0.4 is 20.7 Å². The molecule has 2 fully saturated rings. The molecule has 1 saturated heterocycles. The van der Waals surface area contributed by atoms with Gasteiger partial charge in [0.15, 0.2) is 0 Å². The summed E-state index contributed by atoms with van der Waals surface area (Å²) in [5, 5.41) is 3.78.